The quantitative estimate of drug-likeness (QED) is 0.480. The van der Waals surface area contributed by atoms with Crippen LogP contribution in [0.4, 0.5) is 8.78 Å². The second-order valence-corrected chi connectivity index (χ2v) is 12.1. The summed E-state index contributed by atoms with van der Waals surface area (Å²) in [6.45, 7) is 6.96. The van der Waals surface area contributed by atoms with Crippen molar-refractivity contribution in [1.29, 1.82) is 0 Å². The SMILES string of the molecule is CC[C@@H](Oc1ccc(C(=O)NS(=O)(=O)N2CCN(C)C(C)(C)C2)c(F)c1F)c1ccc(OCC2CC2)cn1. The third-order valence-corrected chi connectivity index (χ3v) is 8.48. The molecule has 38 heavy (non-hydrogen) atoms. The van der Waals surface area contributed by atoms with Gasteiger partial charge in [-0.1, -0.05) is 6.92 Å². The highest BCUT2D eigenvalue weighted by molar-refractivity contribution is 7.87. The molecule has 1 aromatic heterocycles. The lowest BCUT2D eigenvalue weighted by atomic mass is 10.0. The van der Waals surface area contributed by atoms with Gasteiger partial charge >= 0.3 is 10.2 Å². The van der Waals surface area contributed by atoms with Gasteiger partial charge in [0.2, 0.25) is 5.82 Å². The fraction of sp³-hybridized carbons (Fsp3) is 0.538. The van der Waals surface area contributed by atoms with E-state index in [1.807, 2.05) is 37.4 Å². The Morgan fingerprint density at radius 1 is 1.18 bits per heavy atom. The Morgan fingerprint density at radius 2 is 1.92 bits per heavy atom. The number of carbonyl (C=O) groups is 1. The summed E-state index contributed by atoms with van der Waals surface area (Å²) in [5, 5.41) is 0. The second kappa shape index (κ2) is 11.1. The van der Waals surface area contributed by atoms with Gasteiger partial charge in [-0.3, -0.25) is 14.7 Å². The first-order valence-corrected chi connectivity index (χ1v) is 14.1. The molecule has 1 aromatic carbocycles. The van der Waals surface area contributed by atoms with Crippen molar-refractivity contribution in [2.24, 2.45) is 5.92 Å². The van der Waals surface area contributed by atoms with E-state index < -0.39 is 50.7 Å². The van der Waals surface area contributed by atoms with Gasteiger partial charge in [-0.15, -0.1) is 0 Å². The molecule has 0 spiro atoms. The predicted molar refractivity (Wildman–Crippen MR) is 137 cm³/mol. The minimum absolute atomic E-state index is 0.135. The number of piperazine rings is 1. The number of nitrogens with zero attached hydrogens (tertiary/aromatic N) is 3. The monoisotopic (exact) mass is 552 g/mol. The van der Waals surface area contributed by atoms with E-state index in [0.717, 1.165) is 16.4 Å². The van der Waals surface area contributed by atoms with Crippen LogP contribution in [0.1, 0.15) is 62.2 Å². The first-order valence-electron chi connectivity index (χ1n) is 12.7. The molecule has 2 aliphatic rings. The Balaban J connectivity index is 1.43. The molecule has 1 saturated heterocycles. The molecule has 1 aliphatic carbocycles. The summed E-state index contributed by atoms with van der Waals surface area (Å²) in [5.41, 5.74) is -0.690. The predicted octanol–water partition coefficient (Wildman–Crippen LogP) is 3.68. The number of hydrogen-bond donors (Lipinski definition) is 1. The Hall–Kier alpha value is -2.83. The van der Waals surface area contributed by atoms with Crippen LogP contribution in [0.15, 0.2) is 30.5 Å². The number of benzene rings is 1. The Morgan fingerprint density at radius 3 is 2.53 bits per heavy atom. The second-order valence-electron chi connectivity index (χ2n) is 10.4. The van der Waals surface area contributed by atoms with E-state index in [0.29, 0.717) is 36.9 Å². The summed E-state index contributed by atoms with van der Waals surface area (Å²) in [4.78, 5) is 19.0. The number of halogens is 2. The van der Waals surface area contributed by atoms with Crippen LogP contribution in [0.25, 0.3) is 0 Å². The Kier molecular flexibility index (Phi) is 8.24. The number of carbonyl (C=O) groups excluding carboxylic acids is 1. The summed E-state index contributed by atoms with van der Waals surface area (Å²) in [5.74, 6) is -3.34. The van der Waals surface area contributed by atoms with Crippen molar-refractivity contribution in [2.75, 3.05) is 33.3 Å². The Labute approximate surface area is 222 Å². The fourth-order valence-electron chi connectivity index (χ4n) is 4.11. The van der Waals surface area contributed by atoms with E-state index in [4.69, 9.17) is 9.47 Å². The molecule has 12 heteroatoms. The highest BCUT2D eigenvalue weighted by Crippen LogP contribution is 2.31. The molecular weight excluding hydrogens is 518 g/mol. The van der Waals surface area contributed by atoms with Gasteiger partial charge in [0.1, 0.15) is 11.9 Å². The lowest BCUT2D eigenvalue weighted by Crippen LogP contribution is -2.60. The summed E-state index contributed by atoms with van der Waals surface area (Å²) in [7, 11) is -2.39. The van der Waals surface area contributed by atoms with Gasteiger partial charge in [-0.05, 0) is 70.3 Å². The zero-order chi connectivity index (χ0) is 27.7. The van der Waals surface area contributed by atoms with Crippen LogP contribution < -0.4 is 14.2 Å². The van der Waals surface area contributed by atoms with Crippen LogP contribution in [0, 0.1) is 17.6 Å². The number of pyridine rings is 1. The highest BCUT2D eigenvalue weighted by Gasteiger charge is 2.37. The molecule has 2 fully saturated rings. The van der Waals surface area contributed by atoms with E-state index in [1.54, 1.807) is 18.3 Å². The van der Waals surface area contributed by atoms with Crippen LogP contribution in [-0.4, -0.2) is 67.3 Å². The summed E-state index contributed by atoms with van der Waals surface area (Å²) < 4.78 is 69.8. The molecule has 9 nitrogen and oxygen atoms in total. The van der Waals surface area contributed by atoms with Gasteiger partial charge in [-0.2, -0.15) is 17.1 Å². The number of ether oxygens (including phenoxy) is 2. The van der Waals surface area contributed by atoms with E-state index in [1.165, 1.54) is 12.8 Å². The van der Waals surface area contributed by atoms with Crippen LogP contribution in [-0.2, 0) is 10.2 Å². The molecule has 0 unspecified atom stereocenters. The topological polar surface area (TPSA) is 101 Å². The fourth-order valence-corrected chi connectivity index (χ4v) is 5.39. The van der Waals surface area contributed by atoms with Gasteiger partial charge in [0.05, 0.1) is 24.1 Å². The normalized spacial score (nSPS) is 19.1. The van der Waals surface area contributed by atoms with E-state index in [-0.39, 0.29) is 13.1 Å². The van der Waals surface area contributed by atoms with Crippen molar-refractivity contribution in [2.45, 2.75) is 51.7 Å². The largest absolute Gasteiger partial charge is 0.492 e. The molecule has 1 saturated carbocycles. The van der Waals surface area contributed by atoms with Crippen molar-refractivity contribution in [1.82, 2.24) is 18.9 Å². The molecular formula is C26H34F2N4O5S. The number of likely N-dealkylation sites (N-methyl/N-ethyl adjacent to an activating group) is 1. The van der Waals surface area contributed by atoms with Gasteiger partial charge < -0.3 is 9.47 Å². The Bertz CT molecular complexity index is 1270. The number of rotatable bonds is 10. The van der Waals surface area contributed by atoms with Gasteiger partial charge in [-0.25, -0.2) is 9.11 Å². The van der Waals surface area contributed by atoms with Crippen molar-refractivity contribution >= 4 is 16.1 Å². The molecule has 4 rings (SSSR count). The molecule has 1 N–H and O–H groups in total. The van der Waals surface area contributed by atoms with Gasteiger partial charge in [0, 0.05) is 25.2 Å². The average Bonchev–Trinajstić information content (AvgIpc) is 3.70. The summed E-state index contributed by atoms with van der Waals surface area (Å²) in [6.07, 6.45) is 3.64. The molecule has 1 amide bonds. The molecule has 0 bridgehead atoms. The summed E-state index contributed by atoms with van der Waals surface area (Å²) >= 11 is 0. The number of aromatic nitrogens is 1. The molecule has 1 atom stereocenters. The van der Waals surface area contributed by atoms with Crippen LogP contribution in [0.5, 0.6) is 11.5 Å². The van der Waals surface area contributed by atoms with Crippen molar-refractivity contribution < 1.29 is 31.5 Å². The van der Waals surface area contributed by atoms with Crippen molar-refractivity contribution in [3.05, 3.63) is 53.4 Å². The molecule has 1 aliphatic heterocycles. The first kappa shape index (κ1) is 28.2. The molecule has 208 valence electrons. The van der Waals surface area contributed by atoms with Crippen LogP contribution >= 0.6 is 0 Å². The van der Waals surface area contributed by atoms with Gasteiger partial charge in [0.15, 0.2) is 11.6 Å². The molecule has 2 aromatic rings. The highest BCUT2D eigenvalue weighted by atomic mass is 32.2. The first-order chi connectivity index (χ1) is 17.9. The maximum Gasteiger partial charge on any atom is 0.304 e. The maximum atomic E-state index is 14.9. The minimum atomic E-state index is -4.26. The maximum absolute atomic E-state index is 14.9. The minimum Gasteiger partial charge on any atom is -0.492 e. The molecule has 2 heterocycles. The van der Waals surface area contributed by atoms with Crippen LogP contribution in [0.2, 0.25) is 0 Å². The van der Waals surface area contributed by atoms with E-state index in [9.17, 15) is 22.0 Å². The number of hydrogen-bond acceptors (Lipinski definition) is 7. The third-order valence-electron chi connectivity index (χ3n) is 7.05. The third kappa shape index (κ3) is 6.41. The lowest BCUT2D eigenvalue weighted by molar-refractivity contribution is 0.0784. The standard InChI is InChI=1S/C26H34F2N4O5S/c1-5-21(20-10-8-18(14-29-20)36-15-17-6-7-17)37-22-11-9-19(23(27)24(22)28)25(33)30-38(34,35)32-13-12-31(4)26(2,3)16-32/h8-11,14,17,21H,5-7,12-13,15-16H2,1-4H3,(H,30,33)/t21-/m1/s1. The zero-order valence-electron chi connectivity index (χ0n) is 22.0. The molecule has 0 radical (unpaired) electrons. The zero-order valence-corrected chi connectivity index (χ0v) is 22.9. The van der Waals surface area contributed by atoms with Gasteiger partial charge in [0.25, 0.3) is 5.91 Å². The number of nitrogens with one attached hydrogen (secondary N) is 1. The smallest absolute Gasteiger partial charge is 0.304 e. The average molecular weight is 553 g/mol. The van der Waals surface area contributed by atoms with E-state index >= 15 is 0 Å². The lowest BCUT2D eigenvalue weighted by Gasteiger charge is -2.44. The van der Waals surface area contributed by atoms with Crippen LogP contribution in [0.3, 0.4) is 0 Å². The van der Waals surface area contributed by atoms with E-state index in [2.05, 4.69) is 4.98 Å². The van der Waals surface area contributed by atoms with Crippen molar-refractivity contribution in [3.8, 4) is 11.5 Å². The van der Waals surface area contributed by atoms with Crippen molar-refractivity contribution in [3.63, 3.8) is 0 Å². The summed E-state index contributed by atoms with van der Waals surface area (Å²) in [6, 6.07) is 5.57. The number of amides is 1.